The number of carbonyl (C=O) groups is 1. The van der Waals surface area contributed by atoms with E-state index >= 15 is 0 Å². The third-order valence-corrected chi connectivity index (χ3v) is 7.91. The van der Waals surface area contributed by atoms with Crippen LogP contribution in [-0.2, 0) is 10.0 Å². The smallest absolute Gasteiger partial charge is 0.286 e. The van der Waals surface area contributed by atoms with Gasteiger partial charge in [0, 0.05) is 12.6 Å². The summed E-state index contributed by atoms with van der Waals surface area (Å²) < 4.78 is 59.6. The van der Waals surface area contributed by atoms with Crippen LogP contribution in [0.15, 0.2) is 47.4 Å². The van der Waals surface area contributed by atoms with Crippen LogP contribution >= 0.6 is 11.3 Å². The number of rotatable bonds is 6. The second-order valence-electron chi connectivity index (χ2n) is 6.97. The highest BCUT2D eigenvalue weighted by Gasteiger charge is 2.38. The average molecular weight is 481 g/mol. The summed E-state index contributed by atoms with van der Waals surface area (Å²) in [4.78, 5) is 12.6. The second-order valence-corrected chi connectivity index (χ2v) is 9.87. The van der Waals surface area contributed by atoms with Gasteiger partial charge >= 0.3 is 0 Å². The van der Waals surface area contributed by atoms with Crippen molar-refractivity contribution in [3.63, 3.8) is 0 Å². The van der Waals surface area contributed by atoms with Gasteiger partial charge in [-0.15, -0.1) is 10.2 Å². The normalized spacial score (nSPS) is 16.8. The molecule has 2 aromatic carbocycles. The van der Waals surface area contributed by atoms with Crippen molar-refractivity contribution in [3.05, 3.63) is 64.1 Å². The summed E-state index contributed by atoms with van der Waals surface area (Å²) in [5.74, 6) is -1.87. The number of hydrogen-bond donors (Lipinski definition) is 1. The number of sulfonamides is 1. The van der Waals surface area contributed by atoms with Crippen LogP contribution in [0, 0.1) is 11.6 Å². The number of benzene rings is 2. The number of methoxy groups -OCH3 is 1. The number of aromatic nitrogens is 2. The fourth-order valence-electron chi connectivity index (χ4n) is 3.39. The third kappa shape index (κ3) is 4.33. The molecule has 2 heterocycles. The van der Waals surface area contributed by atoms with E-state index in [1.54, 1.807) is 12.1 Å². The van der Waals surface area contributed by atoms with E-state index in [-0.39, 0.29) is 15.6 Å². The van der Waals surface area contributed by atoms with E-state index in [4.69, 9.17) is 4.74 Å². The summed E-state index contributed by atoms with van der Waals surface area (Å²) in [6, 6.07) is 8.29. The first-order chi connectivity index (χ1) is 15.3. The maximum absolute atomic E-state index is 13.8. The summed E-state index contributed by atoms with van der Waals surface area (Å²) in [6.45, 7) is 0.306. The zero-order valence-corrected chi connectivity index (χ0v) is 18.4. The van der Waals surface area contributed by atoms with E-state index < -0.39 is 33.6 Å². The fourth-order valence-corrected chi connectivity index (χ4v) is 6.00. The van der Waals surface area contributed by atoms with Crippen molar-refractivity contribution in [1.29, 1.82) is 0 Å². The molecule has 0 bridgehead atoms. The Balaban J connectivity index is 1.54. The molecule has 8 nitrogen and oxygen atoms in total. The molecule has 12 heteroatoms. The third-order valence-electron chi connectivity index (χ3n) is 4.97. The first kappa shape index (κ1) is 22.2. The highest BCUT2D eigenvalue weighted by atomic mass is 32.2. The summed E-state index contributed by atoms with van der Waals surface area (Å²) in [5, 5.41) is 10.5. The standard InChI is InChI=1S/C20H18F2N4O4S2/c1-30-13-5-7-14(8-6-13)32(28,29)26-10-2-3-17(26)19-24-25-20(31-19)18(27)23-16-9-4-12(21)11-15(16)22/h4-9,11,17H,2-3,10H2,1H3,(H,23,27). The molecule has 168 valence electrons. The van der Waals surface area contributed by atoms with Crippen LogP contribution in [0.4, 0.5) is 14.5 Å². The number of hydrogen-bond acceptors (Lipinski definition) is 7. The molecule has 1 N–H and O–H groups in total. The number of ether oxygens (including phenoxy) is 1. The largest absolute Gasteiger partial charge is 0.497 e. The van der Waals surface area contributed by atoms with Crippen LogP contribution in [-0.4, -0.2) is 42.5 Å². The molecule has 1 atom stereocenters. The Hall–Kier alpha value is -2.96. The number of anilines is 1. The van der Waals surface area contributed by atoms with Crippen molar-refractivity contribution in [1.82, 2.24) is 14.5 Å². The van der Waals surface area contributed by atoms with Crippen molar-refractivity contribution in [2.45, 2.75) is 23.8 Å². The minimum Gasteiger partial charge on any atom is -0.497 e. The van der Waals surface area contributed by atoms with E-state index in [0.717, 1.165) is 23.5 Å². The van der Waals surface area contributed by atoms with Gasteiger partial charge in [0.25, 0.3) is 5.91 Å². The Labute approximate surface area is 186 Å². The topological polar surface area (TPSA) is 101 Å². The number of nitrogens with one attached hydrogen (secondary N) is 1. The Morgan fingerprint density at radius 1 is 1.19 bits per heavy atom. The lowest BCUT2D eigenvalue weighted by Gasteiger charge is -2.22. The molecule has 1 aromatic heterocycles. The number of amides is 1. The average Bonchev–Trinajstić information content (AvgIpc) is 3.45. The van der Waals surface area contributed by atoms with Crippen LogP contribution in [0.3, 0.4) is 0 Å². The zero-order chi connectivity index (χ0) is 22.9. The van der Waals surface area contributed by atoms with Crippen LogP contribution in [0.2, 0.25) is 0 Å². The van der Waals surface area contributed by atoms with Crippen LogP contribution in [0.25, 0.3) is 0 Å². The molecule has 0 saturated carbocycles. The van der Waals surface area contributed by atoms with Crippen LogP contribution < -0.4 is 10.1 Å². The van der Waals surface area contributed by atoms with Crippen molar-refractivity contribution in [3.8, 4) is 5.75 Å². The lowest BCUT2D eigenvalue weighted by atomic mass is 10.2. The molecule has 1 unspecified atom stereocenters. The second kappa shape index (κ2) is 8.88. The molecular weight excluding hydrogens is 462 g/mol. The molecule has 0 radical (unpaired) electrons. The number of nitrogens with zero attached hydrogens (tertiary/aromatic N) is 3. The van der Waals surface area contributed by atoms with Gasteiger partial charge < -0.3 is 10.1 Å². The summed E-state index contributed by atoms with van der Waals surface area (Å²) in [6.07, 6.45) is 1.15. The minimum atomic E-state index is -3.80. The zero-order valence-electron chi connectivity index (χ0n) is 16.8. The molecule has 3 aromatic rings. The molecule has 0 aliphatic carbocycles. The summed E-state index contributed by atoms with van der Waals surface area (Å²) in [7, 11) is -2.31. The van der Waals surface area contributed by atoms with Gasteiger partial charge in [-0.1, -0.05) is 11.3 Å². The van der Waals surface area contributed by atoms with Gasteiger partial charge in [-0.2, -0.15) is 4.31 Å². The molecule has 0 spiro atoms. The van der Waals surface area contributed by atoms with Gasteiger partial charge in [0.1, 0.15) is 22.4 Å². The molecule has 1 aliphatic heterocycles. The fraction of sp³-hybridized carbons (Fsp3) is 0.250. The number of carbonyl (C=O) groups excluding carboxylic acids is 1. The maximum atomic E-state index is 13.8. The SMILES string of the molecule is COc1ccc(S(=O)(=O)N2CCCC2c2nnc(C(=O)Nc3ccc(F)cc3F)s2)cc1. The van der Waals surface area contributed by atoms with Gasteiger partial charge in [-0.05, 0) is 49.2 Å². The number of halogens is 2. The first-order valence-electron chi connectivity index (χ1n) is 9.55. The van der Waals surface area contributed by atoms with E-state index in [1.807, 2.05) is 0 Å². The first-order valence-corrected chi connectivity index (χ1v) is 11.8. The van der Waals surface area contributed by atoms with Crippen LogP contribution in [0.5, 0.6) is 5.75 Å². The maximum Gasteiger partial charge on any atom is 0.286 e. The van der Waals surface area contributed by atoms with Crippen molar-refractivity contribution < 1.29 is 26.7 Å². The monoisotopic (exact) mass is 480 g/mol. The Morgan fingerprint density at radius 3 is 2.62 bits per heavy atom. The lowest BCUT2D eigenvalue weighted by molar-refractivity contribution is 0.102. The molecule has 4 rings (SSSR count). The summed E-state index contributed by atoms with van der Waals surface area (Å²) >= 11 is 0.931. The van der Waals surface area contributed by atoms with Gasteiger partial charge in [-0.25, -0.2) is 17.2 Å². The molecule has 1 saturated heterocycles. The lowest BCUT2D eigenvalue weighted by Crippen LogP contribution is -2.30. The molecule has 1 fully saturated rings. The highest BCUT2D eigenvalue weighted by Crippen LogP contribution is 2.38. The predicted octanol–water partition coefficient (Wildman–Crippen LogP) is 3.60. The van der Waals surface area contributed by atoms with E-state index in [1.165, 1.54) is 23.5 Å². The van der Waals surface area contributed by atoms with E-state index in [9.17, 15) is 22.0 Å². The quantitative estimate of drug-likeness (QED) is 0.579. The van der Waals surface area contributed by atoms with E-state index in [2.05, 4.69) is 15.5 Å². The van der Waals surface area contributed by atoms with E-state index in [0.29, 0.717) is 36.2 Å². The van der Waals surface area contributed by atoms with Gasteiger partial charge in [0.15, 0.2) is 0 Å². The van der Waals surface area contributed by atoms with Gasteiger partial charge in [-0.3, -0.25) is 4.79 Å². The highest BCUT2D eigenvalue weighted by molar-refractivity contribution is 7.89. The minimum absolute atomic E-state index is 0.0579. The molecule has 1 aliphatic rings. The van der Waals surface area contributed by atoms with Gasteiger partial charge in [0.05, 0.1) is 23.7 Å². The Morgan fingerprint density at radius 2 is 1.94 bits per heavy atom. The Kier molecular flexibility index (Phi) is 6.17. The van der Waals surface area contributed by atoms with Crippen molar-refractivity contribution in [2.24, 2.45) is 0 Å². The predicted molar refractivity (Wildman–Crippen MR) is 113 cm³/mol. The van der Waals surface area contributed by atoms with Crippen molar-refractivity contribution >= 4 is 33.0 Å². The molecule has 32 heavy (non-hydrogen) atoms. The van der Waals surface area contributed by atoms with Gasteiger partial charge in [0.2, 0.25) is 15.0 Å². The molecular formula is C20H18F2N4O4S2. The summed E-state index contributed by atoms with van der Waals surface area (Å²) in [5.41, 5.74) is -0.197. The van der Waals surface area contributed by atoms with Crippen LogP contribution in [0.1, 0.15) is 33.7 Å². The van der Waals surface area contributed by atoms with Crippen molar-refractivity contribution in [2.75, 3.05) is 19.0 Å². The Bertz CT molecular complexity index is 1250. The molecule has 1 amide bonds.